The monoisotopic (exact) mass is 380 g/mol. The summed E-state index contributed by atoms with van der Waals surface area (Å²) in [4.78, 5) is 19.3. The van der Waals surface area contributed by atoms with Crippen molar-refractivity contribution in [2.24, 2.45) is 5.73 Å². The van der Waals surface area contributed by atoms with Crippen molar-refractivity contribution >= 4 is 17.2 Å². The Morgan fingerprint density at radius 3 is 2.71 bits per heavy atom. The normalized spacial score (nSPS) is 16.1. The summed E-state index contributed by atoms with van der Waals surface area (Å²) in [6, 6.07) is 9.54. The van der Waals surface area contributed by atoms with E-state index in [0.29, 0.717) is 36.8 Å². The van der Waals surface area contributed by atoms with Gasteiger partial charge in [-0.1, -0.05) is 6.07 Å². The van der Waals surface area contributed by atoms with Crippen molar-refractivity contribution in [1.29, 1.82) is 0 Å². The van der Waals surface area contributed by atoms with Crippen molar-refractivity contribution in [3.8, 4) is 11.5 Å². The number of rotatable bonds is 5. The lowest BCUT2D eigenvalue weighted by atomic mass is 10.1. The molecule has 0 radical (unpaired) electrons. The number of aromatic nitrogens is 1. The number of hydrogen-bond donors (Lipinski definition) is 2. The lowest BCUT2D eigenvalue weighted by Crippen LogP contribution is -2.25. The highest BCUT2D eigenvalue weighted by Gasteiger charge is 2.17. The molecule has 1 saturated heterocycles. The van der Waals surface area contributed by atoms with Crippen molar-refractivity contribution in [2.75, 3.05) is 31.2 Å². The van der Waals surface area contributed by atoms with Gasteiger partial charge in [-0.25, -0.2) is 0 Å². The van der Waals surface area contributed by atoms with Gasteiger partial charge in [0.15, 0.2) is 11.5 Å². The smallest absolute Gasteiger partial charge is 0.255 e. The summed E-state index contributed by atoms with van der Waals surface area (Å²) >= 11 is 0. The van der Waals surface area contributed by atoms with E-state index in [1.165, 1.54) is 19.0 Å². The van der Waals surface area contributed by atoms with Gasteiger partial charge in [0, 0.05) is 37.7 Å². The molecule has 1 amide bonds. The molecular formula is C21H24N4O3. The lowest BCUT2D eigenvalue weighted by Gasteiger charge is -2.19. The summed E-state index contributed by atoms with van der Waals surface area (Å²) in [5.41, 5.74) is 8.69. The van der Waals surface area contributed by atoms with E-state index in [4.69, 9.17) is 15.2 Å². The topological polar surface area (TPSA) is 89.7 Å². The number of anilines is 1. The Kier molecular flexibility index (Phi) is 5.32. The fourth-order valence-electron chi connectivity index (χ4n) is 3.49. The molecule has 146 valence electrons. The Bertz CT molecular complexity index is 891. The third-order valence-corrected chi connectivity index (χ3v) is 4.96. The van der Waals surface area contributed by atoms with Crippen LogP contribution < -0.4 is 25.4 Å². The molecule has 0 bridgehead atoms. The van der Waals surface area contributed by atoms with E-state index in [0.717, 1.165) is 30.1 Å². The van der Waals surface area contributed by atoms with Crippen molar-refractivity contribution in [3.05, 3.63) is 54.0 Å². The van der Waals surface area contributed by atoms with Crippen LogP contribution in [-0.2, 0) is 11.3 Å². The van der Waals surface area contributed by atoms with Gasteiger partial charge in [-0.15, -0.1) is 0 Å². The molecule has 4 rings (SSSR count). The molecule has 1 aromatic carbocycles. The van der Waals surface area contributed by atoms with Crippen LogP contribution in [0.3, 0.4) is 0 Å². The van der Waals surface area contributed by atoms with Gasteiger partial charge >= 0.3 is 0 Å². The molecule has 7 nitrogen and oxygen atoms in total. The van der Waals surface area contributed by atoms with E-state index in [-0.39, 0.29) is 5.91 Å². The third-order valence-electron chi connectivity index (χ3n) is 4.96. The molecule has 1 fully saturated rings. The van der Waals surface area contributed by atoms with E-state index in [9.17, 15) is 4.79 Å². The second kappa shape index (κ2) is 8.21. The lowest BCUT2D eigenvalue weighted by molar-refractivity contribution is -0.115. The number of carbonyl (C=O) groups is 1. The minimum atomic E-state index is -0.261. The molecule has 7 heteroatoms. The number of carbonyl (C=O) groups excluding carboxylic acids is 1. The summed E-state index contributed by atoms with van der Waals surface area (Å²) in [6.45, 7) is 3.50. The number of hydrogen-bond acceptors (Lipinski definition) is 6. The molecule has 0 unspecified atom stereocenters. The number of nitrogens with two attached hydrogens (primary N) is 1. The van der Waals surface area contributed by atoms with Gasteiger partial charge in [0.1, 0.15) is 13.2 Å². The van der Waals surface area contributed by atoms with Gasteiger partial charge in [-0.05, 0) is 42.7 Å². The van der Waals surface area contributed by atoms with Crippen LogP contribution in [0.2, 0.25) is 0 Å². The van der Waals surface area contributed by atoms with Crippen molar-refractivity contribution < 1.29 is 14.3 Å². The molecule has 2 aromatic rings. The van der Waals surface area contributed by atoms with E-state index in [1.807, 2.05) is 30.3 Å². The Balaban J connectivity index is 1.44. The van der Waals surface area contributed by atoms with Gasteiger partial charge in [0.25, 0.3) is 5.91 Å². The van der Waals surface area contributed by atoms with Gasteiger partial charge in [0.05, 0.1) is 11.3 Å². The summed E-state index contributed by atoms with van der Waals surface area (Å²) in [6.07, 6.45) is 5.41. The van der Waals surface area contributed by atoms with Crippen LogP contribution in [0.25, 0.3) is 5.57 Å². The zero-order chi connectivity index (χ0) is 19.3. The second-order valence-electron chi connectivity index (χ2n) is 6.83. The summed E-state index contributed by atoms with van der Waals surface area (Å²) in [5.74, 6) is 1.17. The number of amides is 1. The number of nitrogens with one attached hydrogen (secondary N) is 1. The highest BCUT2D eigenvalue weighted by molar-refractivity contribution is 6.18. The number of ether oxygens (including phenoxy) is 2. The zero-order valence-corrected chi connectivity index (χ0v) is 15.7. The van der Waals surface area contributed by atoms with Gasteiger partial charge in [-0.3, -0.25) is 9.78 Å². The Hall–Kier alpha value is -3.22. The van der Waals surface area contributed by atoms with E-state index >= 15 is 0 Å². The van der Waals surface area contributed by atoms with Crippen LogP contribution in [0.4, 0.5) is 5.69 Å². The summed E-state index contributed by atoms with van der Waals surface area (Å²) in [5, 5.41) is 2.91. The molecule has 3 N–H and O–H groups in total. The van der Waals surface area contributed by atoms with Gasteiger partial charge in [0.2, 0.25) is 0 Å². The molecule has 0 aliphatic carbocycles. The van der Waals surface area contributed by atoms with Gasteiger partial charge in [-0.2, -0.15) is 0 Å². The Morgan fingerprint density at radius 1 is 1.14 bits per heavy atom. The molecule has 28 heavy (non-hydrogen) atoms. The molecule has 0 atom stereocenters. The minimum Gasteiger partial charge on any atom is -0.486 e. The molecule has 1 aromatic heterocycles. The first-order valence-corrected chi connectivity index (χ1v) is 9.54. The van der Waals surface area contributed by atoms with Gasteiger partial charge < -0.3 is 25.4 Å². The predicted molar refractivity (Wildman–Crippen MR) is 107 cm³/mol. The molecule has 2 aliphatic rings. The maximum atomic E-state index is 12.7. The minimum absolute atomic E-state index is 0.261. The molecule has 0 saturated carbocycles. The van der Waals surface area contributed by atoms with E-state index in [2.05, 4.69) is 15.2 Å². The third kappa shape index (κ3) is 3.88. The Morgan fingerprint density at radius 2 is 1.93 bits per heavy atom. The second-order valence-corrected chi connectivity index (χ2v) is 6.83. The van der Waals surface area contributed by atoms with Crippen LogP contribution in [0, 0.1) is 0 Å². The van der Waals surface area contributed by atoms with Crippen LogP contribution in [0.15, 0.2) is 42.7 Å². The maximum absolute atomic E-state index is 12.7. The van der Waals surface area contributed by atoms with Crippen LogP contribution in [0.1, 0.15) is 24.1 Å². The number of benzene rings is 1. The molecular weight excluding hydrogens is 356 g/mol. The maximum Gasteiger partial charge on any atom is 0.255 e. The van der Waals surface area contributed by atoms with E-state index in [1.54, 1.807) is 6.20 Å². The number of nitrogens with zero attached hydrogens (tertiary/aromatic N) is 2. The standard InChI is InChI=1S/C21H24N4O3/c22-13-17(18-12-16(5-6-23-18)25-7-1-2-8-25)21(26)24-14-15-3-4-19-20(11-15)28-10-9-27-19/h3-6,11-13H,1-2,7-10,14,22H2,(H,24,26). The SMILES string of the molecule is NC=C(C(=O)NCc1ccc2c(c1)OCCO2)c1cc(N2CCCC2)ccn1. The zero-order valence-electron chi connectivity index (χ0n) is 15.7. The highest BCUT2D eigenvalue weighted by Crippen LogP contribution is 2.30. The average molecular weight is 380 g/mol. The number of fused-ring (bicyclic) bond motifs is 1. The Labute approximate surface area is 164 Å². The van der Waals surface area contributed by atoms with Crippen molar-refractivity contribution in [3.63, 3.8) is 0 Å². The summed E-state index contributed by atoms with van der Waals surface area (Å²) < 4.78 is 11.1. The highest BCUT2D eigenvalue weighted by atomic mass is 16.6. The van der Waals surface area contributed by atoms with Crippen molar-refractivity contribution in [1.82, 2.24) is 10.3 Å². The summed E-state index contributed by atoms with van der Waals surface area (Å²) in [7, 11) is 0. The first kappa shape index (κ1) is 18.2. The first-order valence-electron chi connectivity index (χ1n) is 9.54. The molecule has 0 spiro atoms. The van der Waals surface area contributed by atoms with Crippen LogP contribution in [-0.4, -0.2) is 37.2 Å². The fraction of sp³-hybridized carbons (Fsp3) is 0.333. The number of pyridine rings is 1. The largest absolute Gasteiger partial charge is 0.486 e. The first-order chi connectivity index (χ1) is 13.7. The van der Waals surface area contributed by atoms with Crippen LogP contribution in [0.5, 0.6) is 11.5 Å². The predicted octanol–water partition coefficient (Wildman–Crippen LogP) is 2.07. The fourth-order valence-corrected chi connectivity index (χ4v) is 3.49. The van der Waals surface area contributed by atoms with Crippen LogP contribution >= 0.6 is 0 Å². The van der Waals surface area contributed by atoms with Crippen molar-refractivity contribution in [2.45, 2.75) is 19.4 Å². The molecule has 2 aliphatic heterocycles. The van der Waals surface area contributed by atoms with E-state index < -0.39 is 0 Å². The quantitative estimate of drug-likeness (QED) is 0.772. The molecule has 3 heterocycles. The average Bonchev–Trinajstić information content (AvgIpc) is 3.28.